The lowest BCUT2D eigenvalue weighted by Gasteiger charge is -2.11. The number of benzene rings is 2. The van der Waals surface area contributed by atoms with Gasteiger partial charge in [0.15, 0.2) is 0 Å². The maximum Gasteiger partial charge on any atom is 0.228 e. The lowest BCUT2D eigenvalue weighted by Crippen LogP contribution is -2.23. The average Bonchev–Trinajstić information content (AvgIpc) is 2.58. The Morgan fingerprint density at radius 2 is 1.48 bits per heavy atom. The molecule has 0 aliphatic rings. The Labute approximate surface area is 148 Å². The van der Waals surface area contributed by atoms with E-state index >= 15 is 0 Å². The van der Waals surface area contributed by atoms with Crippen molar-refractivity contribution in [3.05, 3.63) is 59.7 Å². The molecule has 0 aliphatic carbocycles. The summed E-state index contributed by atoms with van der Waals surface area (Å²) in [6, 6.07) is 14.8. The molecule has 132 valence electrons. The molecule has 2 aromatic carbocycles. The lowest BCUT2D eigenvalue weighted by atomic mass is 10.1. The quantitative estimate of drug-likeness (QED) is 0.843. The van der Waals surface area contributed by atoms with E-state index in [-0.39, 0.29) is 11.8 Å². The first-order valence-electron chi connectivity index (χ1n) is 8.28. The van der Waals surface area contributed by atoms with Crippen molar-refractivity contribution in [2.45, 2.75) is 19.8 Å². The topological polar surface area (TPSA) is 58.6 Å². The molecule has 0 radical (unpaired) electrons. The van der Waals surface area contributed by atoms with Crippen molar-refractivity contribution in [2.24, 2.45) is 0 Å². The standard InChI is InChI=1S/C20H24N2O3/c1-4-25-18-11-7-15(8-12-18)13-19(23)21-17-9-5-16(6-10-17)14-20(24)22(2)3/h5-12H,4,13-14H2,1-3H3,(H,21,23). The molecule has 0 fully saturated rings. The highest BCUT2D eigenvalue weighted by Gasteiger charge is 2.07. The van der Waals surface area contributed by atoms with E-state index in [0.717, 1.165) is 22.6 Å². The average molecular weight is 340 g/mol. The molecule has 5 heteroatoms. The van der Waals surface area contributed by atoms with Crippen LogP contribution in [0.15, 0.2) is 48.5 Å². The smallest absolute Gasteiger partial charge is 0.228 e. The Kier molecular flexibility index (Phi) is 6.57. The molecule has 0 saturated carbocycles. The molecule has 0 bridgehead atoms. The molecular formula is C20H24N2O3. The molecule has 0 saturated heterocycles. The number of ether oxygens (including phenoxy) is 1. The summed E-state index contributed by atoms with van der Waals surface area (Å²) in [5.74, 6) is 0.767. The van der Waals surface area contributed by atoms with E-state index in [1.54, 1.807) is 19.0 Å². The van der Waals surface area contributed by atoms with Crippen molar-refractivity contribution in [3.8, 4) is 5.75 Å². The van der Waals surface area contributed by atoms with Gasteiger partial charge in [0, 0.05) is 19.8 Å². The Bertz CT molecular complexity index is 707. The second kappa shape index (κ2) is 8.87. The number of carbonyl (C=O) groups is 2. The molecule has 1 N–H and O–H groups in total. The van der Waals surface area contributed by atoms with Crippen LogP contribution in [0, 0.1) is 0 Å². The summed E-state index contributed by atoms with van der Waals surface area (Å²) in [5, 5.41) is 2.87. The van der Waals surface area contributed by atoms with Gasteiger partial charge in [0.2, 0.25) is 11.8 Å². The Balaban J connectivity index is 1.88. The highest BCUT2D eigenvalue weighted by Crippen LogP contribution is 2.14. The summed E-state index contributed by atoms with van der Waals surface area (Å²) < 4.78 is 5.39. The highest BCUT2D eigenvalue weighted by molar-refractivity contribution is 5.92. The molecule has 5 nitrogen and oxygen atoms in total. The van der Waals surface area contributed by atoms with Gasteiger partial charge in [0.1, 0.15) is 5.75 Å². The Morgan fingerprint density at radius 1 is 0.920 bits per heavy atom. The third kappa shape index (κ3) is 5.95. The van der Waals surface area contributed by atoms with Crippen molar-refractivity contribution >= 4 is 17.5 Å². The van der Waals surface area contributed by atoms with Gasteiger partial charge >= 0.3 is 0 Å². The minimum atomic E-state index is -0.0822. The van der Waals surface area contributed by atoms with E-state index in [9.17, 15) is 9.59 Å². The first-order chi connectivity index (χ1) is 12.0. The van der Waals surface area contributed by atoms with Gasteiger partial charge in [-0.2, -0.15) is 0 Å². The maximum atomic E-state index is 12.1. The van der Waals surface area contributed by atoms with Crippen LogP contribution in [0.25, 0.3) is 0 Å². The maximum absolute atomic E-state index is 12.1. The van der Waals surface area contributed by atoms with Gasteiger partial charge in [-0.1, -0.05) is 24.3 Å². The van der Waals surface area contributed by atoms with Crippen LogP contribution in [0.2, 0.25) is 0 Å². The zero-order valence-corrected chi connectivity index (χ0v) is 14.9. The number of rotatable bonds is 7. The summed E-state index contributed by atoms with van der Waals surface area (Å²) in [5.41, 5.74) is 2.56. The van der Waals surface area contributed by atoms with Gasteiger partial charge in [-0.15, -0.1) is 0 Å². The monoisotopic (exact) mass is 340 g/mol. The minimum absolute atomic E-state index is 0.0484. The molecule has 0 heterocycles. The van der Waals surface area contributed by atoms with Crippen LogP contribution < -0.4 is 10.1 Å². The SMILES string of the molecule is CCOc1ccc(CC(=O)Nc2ccc(CC(=O)N(C)C)cc2)cc1. The predicted octanol–water partition coefficient (Wildman–Crippen LogP) is 2.90. The molecule has 2 rings (SSSR count). The Morgan fingerprint density at radius 3 is 2.04 bits per heavy atom. The fraction of sp³-hybridized carbons (Fsp3) is 0.300. The van der Waals surface area contributed by atoms with Gasteiger partial charge < -0.3 is 15.0 Å². The summed E-state index contributed by atoms with van der Waals surface area (Å²) in [4.78, 5) is 25.4. The first-order valence-corrected chi connectivity index (χ1v) is 8.28. The first kappa shape index (κ1) is 18.5. The lowest BCUT2D eigenvalue weighted by molar-refractivity contribution is -0.128. The molecule has 2 amide bonds. The normalized spacial score (nSPS) is 10.2. The number of nitrogens with zero attached hydrogens (tertiary/aromatic N) is 1. The molecular weight excluding hydrogens is 316 g/mol. The van der Waals surface area contributed by atoms with Crippen LogP contribution in [0.1, 0.15) is 18.1 Å². The van der Waals surface area contributed by atoms with Crippen molar-refractivity contribution in [1.29, 1.82) is 0 Å². The second-order valence-electron chi connectivity index (χ2n) is 5.96. The van der Waals surface area contributed by atoms with E-state index in [1.807, 2.05) is 55.5 Å². The summed E-state index contributed by atoms with van der Waals surface area (Å²) in [6.45, 7) is 2.55. The number of carbonyl (C=O) groups excluding carboxylic acids is 2. The highest BCUT2D eigenvalue weighted by atomic mass is 16.5. The Hall–Kier alpha value is -2.82. The zero-order chi connectivity index (χ0) is 18.2. The second-order valence-corrected chi connectivity index (χ2v) is 5.96. The van der Waals surface area contributed by atoms with Crippen molar-refractivity contribution in [1.82, 2.24) is 4.90 Å². The van der Waals surface area contributed by atoms with E-state index in [0.29, 0.717) is 19.4 Å². The van der Waals surface area contributed by atoms with Crippen molar-refractivity contribution in [3.63, 3.8) is 0 Å². The molecule has 0 unspecified atom stereocenters. The van der Waals surface area contributed by atoms with E-state index in [2.05, 4.69) is 5.32 Å². The number of hydrogen-bond acceptors (Lipinski definition) is 3. The summed E-state index contributed by atoms with van der Waals surface area (Å²) >= 11 is 0. The molecule has 0 aromatic heterocycles. The van der Waals surface area contributed by atoms with Crippen LogP contribution in [-0.4, -0.2) is 37.4 Å². The molecule has 0 atom stereocenters. The third-order valence-corrected chi connectivity index (χ3v) is 3.69. The number of nitrogens with one attached hydrogen (secondary N) is 1. The van der Waals surface area contributed by atoms with Crippen molar-refractivity contribution < 1.29 is 14.3 Å². The van der Waals surface area contributed by atoms with Crippen LogP contribution in [0.4, 0.5) is 5.69 Å². The summed E-state index contributed by atoms with van der Waals surface area (Å²) in [6.07, 6.45) is 0.653. The molecule has 0 aliphatic heterocycles. The summed E-state index contributed by atoms with van der Waals surface area (Å²) in [7, 11) is 3.47. The number of anilines is 1. The van der Waals surface area contributed by atoms with E-state index < -0.39 is 0 Å². The van der Waals surface area contributed by atoms with Gasteiger partial charge in [-0.25, -0.2) is 0 Å². The fourth-order valence-corrected chi connectivity index (χ4v) is 2.30. The minimum Gasteiger partial charge on any atom is -0.494 e. The number of likely N-dealkylation sites (N-methyl/N-ethyl adjacent to an activating group) is 1. The van der Waals surface area contributed by atoms with Crippen LogP contribution in [0.5, 0.6) is 5.75 Å². The third-order valence-electron chi connectivity index (χ3n) is 3.69. The van der Waals surface area contributed by atoms with E-state index in [1.165, 1.54) is 0 Å². The predicted molar refractivity (Wildman–Crippen MR) is 98.8 cm³/mol. The van der Waals surface area contributed by atoms with Gasteiger partial charge in [0.05, 0.1) is 19.4 Å². The largest absolute Gasteiger partial charge is 0.494 e. The molecule has 25 heavy (non-hydrogen) atoms. The fourth-order valence-electron chi connectivity index (χ4n) is 2.30. The zero-order valence-electron chi connectivity index (χ0n) is 14.9. The van der Waals surface area contributed by atoms with Crippen LogP contribution in [0.3, 0.4) is 0 Å². The number of amides is 2. The number of hydrogen-bond donors (Lipinski definition) is 1. The van der Waals surface area contributed by atoms with E-state index in [4.69, 9.17) is 4.74 Å². The molecule has 0 spiro atoms. The van der Waals surface area contributed by atoms with Crippen molar-refractivity contribution in [2.75, 3.05) is 26.0 Å². The van der Waals surface area contributed by atoms with Gasteiger partial charge in [0.25, 0.3) is 0 Å². The van der Waals surface area contributed by atoms with Crippen LogP contribution in [-0.2, 0) is 22.4 Å². The van der Waals surface area contributed by atoms with Gasteiger partial charge in [-0.05, 0) is 42.3 Å². The van der Waals surface area contributed by atoms with Gasteiger partial charge in [-0.3, -0.25) is 9.59 Å². The molecule has 2 aromatic rings. The van der Waals surface area contributed by atoms with Crippen LogP contribution >= 0.6 is 0 Å².